The topological polar surface area (TPSA) is 55.1 Å². The molecule has 4 aromatic carbocycles. The standard InChI is InChI=1S/C26H17BrN2O2/c27-22-9-5-4-8-21(22)25(30)28-20-14-15-24-23(16-20)29-26(31-24)19-12-10-18(11-13-19)17-6-2-1-3-7-17/h1-16H,(H,28,30). The van der Waals surface area contributed by atoms with Gasteiger partial charge in [0.15, 0.2) is 5.58 Å². The summed E-state index contributed by atoms with van der Waals surface area (Å²) in [5, 5.41) is 2.92. The summed E-state index contributed by atoms with van der Waals surface area (Å²) in [5.41, 5.74) is 5.78. The smallest absolute Gasteiger partial charge is 0.256 e. The van der Waals surface area contributed by atoms with Crippen molar-refractivity contribution in [3.63, 3.8) is 0 Å². The Kier molecular flexibility index (Phi) is 5.10. The second kappa shape index (κ2) is 8.20. The van der Waals surface area contributed by atoms with Gasteiger partial charge in [-0.25, -0.2) is 4.98 Å². The summed E-state index contributed by atoms with van der Waals surface area (Å²) in [4.78, 5) is 17.2. The molecule has 0 aliphatic rings. The van der Waals surface area contributed by atoms with Crippen LogP contribution in [0.2, 0.25) is 0 Å². The van der Waals surface area contributed by atoms with Crippen LogP contribution in [0.4, 0.5) is 5.69 Å². The number of carbonyl (C=O) groups excluding carboxylic acids is 1. The molecule has 0 aliphatic heterocycles. The molecule has 0 spiro atoms. The van der Waals surface area contributed by atoms with E-state index in [9.17, 15) is 4.79 Å². The van der Waals surface area contributed by atoms with Gasteiger partial charge >= 0.3 is 0 Å². The van der Waals surface area contributed by atoms with Gasteiger partial charge in [0.1, 0.15) is 5.52 Å². The number of rotatable bonds is 4. The molecule has 1 amide bonds. The molecule has 0 saturated carbocycles. The summed E-state index contributed by atoms with van der Waals surface area (Å²) in [6, 6.07) is 31.1. The number of oxazole rings is 1. The van der Waals surface area contributed by atoms with E-state index in [2.05, 4.69) is 50.5 Å². The van der Waals surface area contributed by atoms with Crippen molar-refractivity contribution in [1.29, 1.82) is 0 Å². The summed E-state index contributed by atoms with van der Waals surface area (Å²) >= 11 is 3.41. The van der Waals surface area contributed by atoms with E-state index in [0.717, 1.165) is 21.2 Å². The predicted octanol–water partition coefficient (Wildman–Crippen LogP) is 7.18. The molecule has 4 nitrogen and oxygen atoms in total. The first-order valence-corrected chi connectivity index (χ1v) is 10.6. The number of benzene rings is 4. The summed E-state index contributed by atoms with van der Waals surface area (Å²) in [6.45, 7) is 0. The molecular formula is C26H17BrN2O2. The lowest BCUT2D eigenvalue weighted by Gasteiger charge is -2.06. The van der Waals surface area contributed by atoms with Gasteiger partial charge in [0.2, 0.25) is 5.89 Å². The van der Waals surface area contributed by atoms with Crippen molar-refractivity contribution in [2.24, 2.45) is 0 Å². The Balaban J connectivity index is 1.39. The van der Waals surface area contributed by atoms with Crippen LogP contribution in [-0.2, 0) is 0 Å². The van der Waals surface area contributed by atoms with Gasteiger partial charge in [-0.05, 0) is 69.5 Å². The molecule has 5 aromatic rings. The zero-order valence-electron chi connectivity index (χ0n) is 16.4. The summed E-state index contributed by atoms with van der Waals surface area (Å²) in [6.07, 6.45) is 0. The number of carbonyl (C=O) groups is 1. The van der Waals surface area contributed by atoms with Gasteiger partial charge in [0.05, 0.1) is 5.56 Å². The minimum atomic E-state index is -0.188. The molecule has 0 fully saturated rings. The number of hydrogen-bond acceptors (Lipinski definition) is 3. The zero-order valence-corrected chi connectivity index (χ0v) is 18.0. The minimum Gasteiger partial charge on any atom is -0.436 e. The van der Waals surface area contributed by atoms with E-state index in [-0.39, 0.29) is 5.91 Å². The van der Waals surface area contributed by atoms with E-state index in [0.29, 0.717) is 28.2 Å². The van der Waals surface area contributed by atoms with Gasteiger partial charge in [-0.15, -0.1) is 0 Å². The van der Waals surface area contributed by atoms with Crippen molar-refractivity contribution < 1.29 is 9.21 Å². The lowest BCUT2D eigenvalue weighted by Crippen LogP contribution is -2.12. The molecule has 1 aromatic heterocycles. The second-order valence-corrected chi connectivity index (χ2v) is 7.93. The van der Waals surface area contributed by atoms with E-state index in [1.54, 1.807) is 6.07 Å². The molecule has 0 saturated heterocycles. The van der Waals surface area contributed by atoms with Gasteiger partial charge in [-0.2, -0.15) is 0 Å². The fourth-order valence-corrected chi connectivity index (χ4v) is 3.87. The number of nitrogens with zero attached hydrogens (tertiary/aromatic N) is 1. The third-order valence-electron chi connectivity index (χ3n) is 5.00. The fourth-order valence-electron chi connectivity index (χ4n) is 3.41. The van der Waals surface area contributed by atoms with E-state index in [4.69, 9.17) is 4.42 Å². The number of nitrogens with one attached hydrogen (secondary N) is 1. The van der Waals surface area contributed by atoms with Crippen LogP contribution in [0.25, 0.3) is 33.7 Å². The lowest BCUT2D eigenvalue weighted by atomic mass is 10.0. The maximum absolute atomic E-state index is 12.6. The lowest BCUT2D eigenvalue weighted by molar-refractivity contribution is 0.102. The van der Waals surface area contributed by atoms with E-state index < -0.39 is 0 Å². The van der Waals surface area contributed by atoms with E-state index in [1.807, 2.05) is 66.7 Å². The third-order valence-corrected chi connectivity index (χ3v) is 5.69. The Bertz CT molecular complexity index is 1380. The quantitative estimate of drug-likeness (QED) is 0.304. The minimum absolute atomic E-state index is 0.188. The molecule has 1 heterocycles. The Hall–Kier alpha value is -3.70. The molecular weight excluding hydrogens is 452 g/mol. The number of anilines is 1. The van der Waals surface area contributed by atoms with Crippen LogP contribution in [-0.4, -0.2) is 10.9 Å². The monoisotopic (exact) mass is 468 g/mol. The molecule has 31 heavy (non-hydrogen) atoms. The normalized spacial score (nSPS) is 10.9. The first-order valence-electron chi connectivity index (χ1n) is 9.80. The van der Waals surface area contributed by atoms with Gasteiger partial charge in [-0.3, -0.25) is 4.79 Å². The maximum Gasteiger partial charge on any atom is 0.256 e. The van der Waals surface area contributed by atoms with Crippen LogP contribution in [0.5, 0.6) is 0 Å². The molecule has 5 rings (SSSR count). The highest BCUT2D eigenvalue weighted by atomic mass is 79.9. The Labute approximate surface area is 187 Å². The molecule has 150 valence electrons. The van der Waals surface area contributed by atoms with Crippen LogP contribution in [0, 0.1) is 0 Å². The van der Waals surface area contributed by atoms with E-state index in [1.165, 1.54) is 0 Å². The highest BCUT2D eigenvalue weighted by Gasteiger charge is 2.12. The van der Waals surface area contributed by atoms with Crippen LogP contribution in [0.1, 0.15) is 10.4 Å². The molecule has 0 atom stereocenters. The predicted molar refractivity (Wildman–Crippen MR) is 127 cm³/mol. The number of amides is 1. The largest absolute Gasteiger partial charge is 0.436 e. The second-order valence-electron chi connectivity index (χ2n) is 7.08. The van der Waals surface area contributed by atoms with Crippen molar-refractivity contribution in [1.82, 2.24) is 4.98 Å². The van der Waals surface area contributed by atoms with E-state index >= 15 is 0 Å². The molecule has 5 heteroatoms. The first-order chi connectivity index (χ1) is 15.2. The van der Waals surface area contributed by atoms with Crippen molar-refractivity contribution in [3.05, 3.63) is 107 Å². The van der Waals surface area contributed by atoms with Crippen molar-refractivity contribution in [2.75, 3.05) is 5.32 Å². The Morgan fingerprint density at radius 2 is 1.45 bits per heavy atom. The van der Waals surface area contributed by atoms with Crippen molar-refractivity contribution in [2.45, 2.75) is 0 Å². The number of fused-ring (bicyclic) bond motifs is 1. The Morgan fingerprint density at radius 1 is 0.774 bits per heavy atom. The average molecular weight is 469 g/mol. The van der Waals surface area contributed by atoms with Crippen molar-refractivity contribution in [3.8, 4) is 22.6 Å². The summed E-state index contributed by atoms with van der Waals surface area (Å²) in [5.74, 6) is 0.357. The van der Waals surface area contributed by atoms with Gasteiger partial charge < -0.3 is 9.73 Å². The average Bonchev–Trinajstić information content (AvgIpc) is 3.23. The molecule has 0 bridgehead atoms. The fraction of sp³-hybridized carbons (Fsp3) is 0. The van der Waals surface area contributed by atoms with Gasteiger partial charge in [0.25, 0.3) is 5.91 Å². The third kappa shape index (κ3) is 4.00. The van der Waals surface area contributed by atoms with Crippen LogP contribution < -0.4 is 5.32 Å². The SMILES string of the molecule is O=C(Nc1ccc2oc(-c3ccc(-c4ccccc4)cc3)nc2c1)c1ccccc1Br. The molecule has 0 aliphatic carbocycles. The van der Waals surface area contributed by atoms with Crippen LogP contribution in [0.15, 0.2) is 106 Å². The number of hydrogen-bond donors (Lipinski definition) is 1. The highest BCUT2D eigenvalue weighted by molar-refractivity contribution is 9.10. The molecule has 0 unspecified atom stereocenters. The number of halogens is 1. The maximum atomic E-state index is 12.6. The van der Waals surface area contributed by atoms with Crippen molar-refractivity contribution >= 4 is 38.6 Å². The number of aromatic nitrogens is 1. The summed E-state index contributed by atoms with van der Waals surface area (Å²) in [7, 11) is 0. The zero-order chi connectivity index (χ0) is 21.2. The van der Waals surface area contributed by atoms with Gasteiger partial charge in [0, 0.05) is 15.7 Å². The Morgan fingerprint density at radius 3 is 2.23 bits per heavy atom. The van der Waals surface area contributed by atoms with Gasteiger partial charge in [-0.1, -0.05) is 54.6 Å². The summed E-state index contributed by atoms with van der Waals surface area (Å²) < 4.78 is 6.68. The van der Waals surface area contributed by atoms with Crippen LogP contribution >= 0.6 is 15.9 Å². The molecule has 1 N–H and O–H groups in total. The highest BCUT2D eigenvalue weighted by Crippen LogP contribution is 2.28. The molecule has 0 radical (unpaired) electrons. The first kappa shape index (κ1) is 19.3. The van der Waals surface area contributed by atoms with Crippen LogP contribution in [0.3, 0.4) is 0 Å².